The molecule has 0 bridgehead atoms. The molecule has 0 unspecified atom stereocenters. The molecule has 1 aromatic rings. The van der Waals surface area contributed by atoms with Crippen LogP contribution in [-0.4, -0.2) is 38.9 Å². The van der Waals surface area contributed by atoms with Gasteiger partial charge in [-0.3, -0.25) is 4.72 Å². The molecule has 0 spiro atoms. The van der Waals surface area contributed by atoms with E-state index in [1.807, 2.05) is 19.1 Å². The summed E-state index contributed by atoms with van der Waals surface area (Å²) in [5.41, 5.74) is 1.57. The molecule has 0 amide bonds. The number of anilines is 1. The summed E-state index contributed by atoms with van der Waals surface area (Å²) >= 11 is 3.40. The molecule has 0 aliphatic heterocycles. The van der Waals surface area contributed by atoms with E-state index in [2.05, 4.69) is 26.0 Å². The number of nitrogens with zero attached hydrogens (tertiary/aromatic N) is 1. The molecule has 5 nitrogen and oxygen atoms in total. The molecule has 0 radical (unpaired) electrons. The molecule has 0 saturated heterocycles. The number of nitrogens with one attached hydrogen (secondary N) is 2. The van der Waals surface area contributed by atoms with Crippen LogP contribution < -0.4 is 10.0 Å². The average Bonchev–Trinajstić information content (AvgIpc) is 3.22. The van der Waals surface area contributed by atoms with Crippen LogP contribution in [0.15, 0.2) is 22.7 Å². The first-order valence-electron chi connectivity index (χ1n) is 7.12. The van der Waals surface area contributed by atoms with E-state index < -0.39 is 10.2 Å². The van der Waals surface area contributed by atoms with Gasteiger partial charge in [-0.05, 0) is 56.5 Å². The summed E-state index contributed by atoms with van der Waals surface area (Å²) in [6.07, 6.45) is 3.31. The minimum absolute atomic E-state index is 0.505. The Balaban J connectivity index is 1.85. The molecule has 0 heterocycles. The first-order chi connectivity index (χ1) is 9.88. The quantitative estimate of drug-likeness (QED) is 0.686. The summed E-state index contributed by atoms with van der Waals surface area (Å²) in [7, 11) is -1.89. The van der Waals surface area contributed by atoms with Gasteiger partial charge < -0.3 is 5.32 Å². The van der Waals surface area contributed by atoms with Crippen molar-refractivity contribution in [3.63, 3.8) is 0 Å². The molecule has 2 N–H and O–H groups in total. The Hall–Kier alpha value is -0.630. The first-order valence-corrected chi connectivity index (χ1v) is 9.35. The second-order valence-electron chi connectivity index (χ2n) is 5.47. The van der Waals surface area contributed by atoms with Crippen molar-refractivity contribution in [2.24, 2.45) is 0 Å². The lowest BCUT2D eigenvalue weighted by Crippen LogP contribution is -2.34. The lowest BCUT2D eigenvalue weighted by molar-refractivity contribution is 0.458. The first kappa shape index (κ1) is 16.7. The van der Waals surface area contributed by atoms with Crippen LogP contribution in [0.5, 0.6) is 0 Å². The third-order valence-electron chi connectivity index (χ3n) is 3.48. The Kier molecular flexibility index (Phi) is 5.65. The Morgan fingerprint density at radius 2 is 2.10 bits per heavy atom. The fourth-order valence-electron chi connectivity index (χ4n) is 1.95. The predicted molar refractivity (Wildman–Crippen MR) is 89.7 cm³/mol. The van der Waals surface area contributed by atoms with Crippen LogP contribution in [0.1, 0.15) is 24.8 Å². The van der Waals surface area contributed by atoms with Crippen molar-refractivity contribution in [1.29, 1.82) is 0 Å². The molecule has 1 aliphatic rings. The molecule has 1 aliphatic carbocycles. The Morgan fingerprint density at radius 1 is 1.38 bits per heavy atom. The monoisotopic (exact) mass is 375 g/mol. The molecule has 118 valence electrons. The average molecular weight is 376 g/mol. The molecule has 2 rings (SSSR count). The minimum Gasteiger partial charge on any atom is -0.314 e. The van der Waals surface area contributed by atoms with Crippen molar-refractivity contribution in [2.45, 2.75) is 32.2 Å². The van der Waals surface area contributed by atoms with E-state index in [4.69, 9.17) is 0 Å². The van der Waals surface area contributed by atoms with Gasteiger partial charge in [-0.25, -0.2) is 0 Å². The highest BCUT2D eigenvalue weighted by Crippen LogP contribution is 2.21. The maximum absolute atomic E-state index is 12.2. The van der Waals surface area contributed by atoms with Crippen LogP contribution in [-0.2, 0) is 10.2 Å². The van der Waals surface area contributed by atoms with Gasteiger partial charge in [0.15, 0.2) is 0 Å². The van der Waals surface area contributed by atoms with E-state index in [9.17, 15) is 8.42 Å². The third-order valence-corrected chi connectivity index (χ3v) is 5.86. The van der Waals surface area contributed by atoms with Crippen molar-refractivity contribution >= 4 is 31.8 Å². The van der Waals surface area contributed by atoms with Crippen molar-refractivity contribution in [1.82, 2.24) is 9.62 Å². The molecule has 0 aromatic heterocycles. The maximum Gasteiger partial charge on any atom is 0.301 e. The Bertz CT molecular complexity index is 588. The summed E-state index contributed by atoms with van der Waals surface area (Å²) < 4.78 is 29.4. The molecule has 21 heavy (non-hydrogen) atoms. The van der Waals surface area contributed by atoms with Crippen LogP contribution >= 0.6 is 15.9 Å². The number of halogens is 1. The standard InChI is InChI=1S/C14H22BrN3O2S/c1-11-10-13(6-7-14(11)15)17-21(19,20)18(2)9-3-8-16-12-4-5-12/h6-7,10,12,16-17H,3-5,8-9H2,1-2H3. The lowest BCUT2D eigenvalue weighted by Gasteiger charge is -2.18. The topological polar surface area (TPSA) is 61.4 Å². The normalized spacial score (nSPS) is 15.4. The van der Waals surface area contributed by atoms with E-state index in [0.717, 1.165) is 23.0 Å². The van der Waals surface area contributed by atoms with Gasteiger partial charge in [0.1, 0.15) is 0 Å². The molecule has 7 heteroatoms. The largest absolute Gasteiger partial charge is 0.314 e. The van der Waals surface area contributed by atoms with E-state index in [1.54, 1.807) is 13.1 Å². The summed E-state index contributed by atoms with van der Waals surface area (Å²) in [5, 5.41) is 3.38. The van der Waals surface area contributed by atoms with Gasteiger partial charge in [-0.1, -0.05) is 15.9 Å². The van der Waals surface area contributed by atoms with Crippen molar-refractivity contribution in [3.8, 4) is 0 Å². The zero-order chi connectivity index (χ0) is 15.5. The SMILES string of the molecule is Cc1cc(NS(=O)(=O)N(C)CCCNC2CC2)ccc1Br. The van der Waals surface area contributed by atoms with Gasteiger partial charge >= 0.3 is 10.2 Å². The van der Waals surface area contributed by atoms with Gasteiger partial charge in [0.25, 0.3) is 0 Å². The zero-order valence-corrected chi connectivity index (χ0v) is 14.8. The molecule has 1 saturated carbocycles. The highest BCUT2D eigenvalue weighted by atomic mass is 79.9. The molecular formula is C14H22BrN3O2S. The highest BCUT2D eigenvalue weighted by molar-refractivity contribution is 9.10. The van der Waals surface area contributed by atoms with Crippen molar-refractivity contribution in [3.05, 3.63) is 28.2 Å². The Labute approximate surface area is 135 Å². The van der Waals surface area contributed by atoms with E-state index in [-0.39, 0.29) is 0 Å². The third kappa shape index (κ3) is 5.25. The summed E-state index contributed by atoms with van der Waals surface area (Å²) in [6, 6.07) is 6.06. The summed E-state index contributed by atoms with van der Waals surface area (Å²) in [4.78, 5) is 0. The van der Waals surface area contributed by atoms with Gasteiger partial charge in [-0.15, -0.1) is 0 Å². The fourth-order valence-corrected chi connectivity index (χ4v) is 3.15. The predicted octanol–water partition coefficient (Wildman–Crippen LogP) is 2.49. The Morgan fingerprint density at radius 3 is 2.71 bits per heavy atom. The summed E-state index contributed by atoms with van der Waals surface area (Å²) in [6.45, 7) is 3.29. The lowest BCUT2D eigenvalue weighted by atomic mass is 10.2. The second-order valence-corrected chi connectivity index (χ2v) is 8.11. The smallest absolute Gasteiger partial charge is 0.301 e. The van der Waals surface area contributed by atoms with Crippen molar-refractivity contribution in [2.75, 3.05) is 24.9 Å². The summed E-state index contributed by atoms with van der Waals surface area (Å²) in [5.74, 6) is 0. The molecular weight excluding hydrogens is 354 g/mol. The minimum atomic E-state index is -3.49. The number of benzene rings is 1. The van der Waals surface area contributed by atoms with Crippen LogP contribution in [0, 0.1) is 6.92 Å². The molecule has 1 fully saturated rings. The van der Waals surface area contributed by atoms with Crippen molar-refractivity contribution < 1.29 is 8.42 Å². The zero-order valence-electron chi connectivity index (χ0n) is 12.4. The van der Waals surface area contributed by atoms with Crippen LogP contribution in [0.3, 0.4) is 0 Å². The van der Waals surface area contributed by atoms with Crippen LogP contribution in [0.4, 0.5) is 5.69 Å². The maximum atomic E-state index is 12.2. The van der Waals surface area contributed by atoms with Gasteiger partial charge in [0.05, 0.1) is 5.69 Å². The number of hydrogen-bond acceptors (Lipinski definition) is 3. The highest BCUT2D eigenvalue weighted by Gasteiger charge is 2.21. The number of rotatable bonds is 8. The van der Waals surface area contributed by atoms with E-state index >= 15 is 0 Å². The fraction of sp³-hybridized carbons (Fsp3) is 0.571. The van der Waals surface area contributed by atoms with E-state index in [0.29, 0.717) is 18.3 Å². The van der Waals surface area contributed by atoms with Gasteiger partial charge in [-0.2, -0.15) is 12.7 Å². The number of aryl methyl sites for hydroxylation is 1. The van der Waals surface area contributed by atoms with E-state index in [1.165, 1.54) is 17.1 Å². The van der Waals surface area contributed by atoms with Gasteiger partial charge in [0, 0.05) is 24.1 Å². The molecule has 1 aromatic carbocycles. The van der Waals surface area contributed by atoms with Gasteiger partial charge in [0.2, 0.25) is 0 Å². The molecule has 0 atom stereocenters. The second kappa shape index (κ2) is 7.09. The number of hydrogen-bond donors (Lipinski definition) is 2. The van der Waals surface area contributed by atoms with Crippen LogP contribution in [0.2, 0.25) is 0 Å². The van der Waals surface area contributed by atoms with Crippen LogP contribution in [0.25, 0.3) is 0 Å².